The summed E-state index contributed by atoms with van der Waals surface area (Å²) >= 11 is 1.50. The van der Waals surface area contributed by atoms with Gasteiger partial charge in [-0.15, -0.1) is 10.2 Å². The first-order valence-corrected chi connectivity index (χ1v) is 10.1. The van der Waals surface area contributed by atoms with Gasteiger partial charge in [-0.1, -0.05) is 72.0 Å². The van der Waals surface area contributed by atoms with Crippen LogP contribution in [0.3, 0.4) is 0 Å². The number of fused-ring (bicyclic) bond motifs is 1. The van der Waals surface area contributed by atoms with Crippen molar-refractivity contribution in [1.82, 2.24) is 25.1 Å². The van der Waals surface area contributed by atoms with Crippen molar-refractivity contribution in [3.05, 3.63) is 82.6 Å². The van der Waals surface area contributed by atoms with Crippen molar-refractivity contribution in [2.24, 2.45) is 0 Å². The maximum atomic E-state index is 12.6. The van der Waals surface area contributed by atoms with Gasteiger partial charge in [-0.25, -0.2) is 0 Å². The molecule has 0 bridgehead atoms. The van der Waals surface area contributed by atoms with Crippen LogP contribution in [0, 0.1) is 6.92 Å². The Balaban J connectivity index is 1.39. The normalized spacial score (nSPS) is 11.2. The fourth-order valence-corrected chi connectivity index (χ4v) is 4.10. The van der Waals surface area contributed by atoms with Gasteiger partial charge >= 0.3 is 0 Å². The highest BCUT2D eigenvalue weighted by molar-refractivity contribution is 7.16. The number of aryl methyl sites for hydroxylation is 1. The highest BCUT2D eigenvalue weighted by atomic mass is 32.1. The van der Waals surface area contributed by atoms with Crippen molar-refractivity contribution in [2.45, 2.75) is 25.7 Å². The first kappa shape index (κ1) is 18.3. The third kappa shape index (κ3) is 4.09. The highest BCUT2D eigenvalue weighted by Gasteiger charge is 2.18. The number of hydrogen-bond acceptors (Lipinski definition) is 5. The van der Waals surface area contributed by atoms with Gasteiger partial charge in [0.1, 0.15) is 5.01 Å². The summed E-state index contributed by atoms with van der Waals surface area (Å²) in [6.45, 7) is 2.43. The topological polar surface area (TPSA) is 72.2 Å². The van der Waals surface area contributed by atoms with E-state index >= 15 is 0 Å². The van der Waals surface area contributed by atoms with Crippen molar-refractivity contribution in [2.75, 3.05) is 6.54 Å². The van der Waals surface area contributed by atoms with Crippen LogP contribution < -0.4 is 5.32 Å². The predicted octanol–water partition coefficient (Wildman–Crippen LogP) is 3.38. The molecule has 0 saturated carbocycles. The van der Waals surface area contributed by atoms with E-state index in [4.69, 9.17) is 0 Å². The summed E-state index contributed by atoms with van der Waals surface area (Å²) in [4.78, 5) is 13.4. The van der Waals surface area contributed by atoms with E-state index in [1.165, 1.54) is 11.3 Å². The maximum absolute atomic E-state index is 12.6. The second-order valence-corrected chi connectivity index (χ2v) is 7.66. The fourth-order valence-electron chi connectivity index (χ4n) is 3.22. The van der Waals surface area contributed by atoms with E-state index in [9.17, 15) is 4.79 Å². The number of amides is 1. The van der Waals surface area contributed by atoms with Crippen LogP contribution in [0.1, 0.15) is 34.3 Å². The second kappa shape index (κ2) is 8.31. The Morgan fingerprint density at radius 1 is 1.04 bits per heavy atom. The van der Waals surface area contributed by atoms with Crippen molar-refractivity contribution in [3.63, 3.8) is 0 Å². The monoisotopic (exact) mass is 391 g/mol. The number of carbonyl (C=O) groups is 1. The van der Waals surface area contributed by atoms with Crippen molar-refractivity contribution in [3.8, 4) is 0 Å². The lowest BCUT2D eigenvalue weighted by Gasteiger charge is -2.17. The number of aromatic nitrogens is 4. The summed E-state index contributed by atoms with van der Waals surface area (Å²) in [5, 5.41) is 16.5. The summed E-state index contributed by atoms with van der Waals surface area (Å²) in [6.07, 6.45) is 1.10. The molecule has 4 aromatic rings. The van der Waals surface area contributed by atoms with E-state index in [2.05, 4.69) is 44.9 Å². The van der Waals surface area contributed by atoms with Gasteiger partial charge in [-0.2, -0.15) is 9.61 Å². The van der Waals surface area contributed by atoms with Crippen LogP contribution in [0.25, 0.3) is 4.96 Å². The largest absolute Gasteiger partial charge is 0.356 e. The first-order chi connectivity index (χ1) is 13.7. The molecule has 2 heterocycles. The molecule has 142 valence electrons. The third-order valence-electron chi connectivity index (χ3n) is 4.64. The maximum Gasteiger partial charge on any atom is 0.234 e. The summed E-state index contributed by atoms with van der Waals surface area (Å²) < 4.78 is 1.74. The average molecular weight is 392 g/mol. The molecule has 1 N–H and O–H groups in total. The summed E-state index contributed by atoms with van der Waals surface area (Å²) in [5.74, 6) is 0.853. The molecule has 0 aliphatic rings. The number of rotatable bonds is 7. The van der Waals surface area contributed by atoms with Crippen molar-refractivity contribution >= 4 is 22.2 Å². The third-order valence-corrected chi connectivity index (χ3v) is 5.60. The summed E-state index contributed by atoms with van der Waals surface area (Å²) in [5.41, 5.74) is 2.29. The molecular weight excluding hydrogens is 370 g/mol. The van der Waals surface area contributed by atoms with Crippen LogP contribution in [0.5, 0.6) is 0 Å². The standard InChI is InChI=1S/C21H21N5OS/c1-15-23-24-21-26(15)25-20(28-21)12-13-22-19(27)14-18(16-8-4-2-5-9-16)17-10-6-3-7-11-17/h2-11,18H,12-14H2,1H3,(H,22,27). The Morgan fingerprint density at radius 2 is 1.68 bits per heavy atom. The van der Waals surface area contributed by atoms with Gasteiger partial charge < -0.3 is 5.32 Å². The van der Waals surface area contributed by atoms with E-state index in [1.807, 2.05) is 43.3 Å². The molecule has 0 aliphatic heterocycles. The highest BCUT2D eigenvalue weighted by Crippen LogP contribution is 2.27. The van der Waals surface area contributed by atoms with Gasteiger partial charge in [0.25, 0.3) is 0 Å². The molecular formula is C21H21N5OS. The van der Waals surface area contributed by atoms with Gasteiger partial charge in [0.15, 0.2) is 5.82 Å². The van der Waals surface area contributed by atoms with E-state index < -0.39 is 0 Å². The molecule has 0 atom stereocenters. The SMILES string of the molecule is Cc1nnc2sc(CCNC(=O)CC(c3ccccc3)c3ccccc3)nn12. The molecule has 0 radical (unpaired) electrons. The van der Waals surface area contributed by atoms with Gasteiger partial charge in [0, 0.05) is 25.3 Å². The number of nitrogens with zero attached hydrogens (tertiary/aromatic N) is 4. The minimum absolute atomic E-state index is 0.0388. The molecule has 6 nitrogen and oxygen atoms in total. The van der Waals surface area contributed by atoms with Crippen molar-refractivity contribution in [1.29, 1.82) is 0 Å². The Hall–Kier alpha value is -3.06. The number of benzene rings is 2. The average Bonchev–Trinajstić information content (AvgIpc) is 3.29. The molecule has 0 unspecified atom stereocenters. The van der Waals surface area contributed by atoms with Crippen LogP contribution in [0.2, 0.25) is 0 Å². The zero-order chi connectivity index (χ0) is 19.3. The molecule has 7 heteroatoms. The van der Waals surface area contributed by atoms with Crippen LogP contribution in [-0.2, 0) is 11.2 Å². The zero-order valence-electron chi connectivity index (χ0n) is 15.6. The molecule has 28 heavy (non-hydrogen) atoms. The van der Waals surface area contributed by atoms with Gasteiger partial charge in [0.05, 0.1) is 0 Å². The molecule has 0 aliphatic carbocycles. The molecule has 0 saturated heterocycles. The van der Waals surface area contributed by atoms with Crippen LogP contribution in [0.15, 0.2) is 60.7 Å². The number of nitrogens with one attached hydrogen (secondary N) is 1. The lowest BCUT2D eigenvalue weighted by atomic mass is 9.88. The molecule has 0 spiro atoms. The van der Waals surface area contributed by atoms with E-state index in [0.717, 1.165) is 26.9 Å². The number of hydrogen-bond donors (Lipinski definition) is 1. The quantitative estimate of drug-likeness (QED) is 0.524. The lowest BCUT2D eigenvalue weighted by molar-refractivity contribution is -0.121. The molecule has 4 rings (SSSR count). The molecule has 2 aromatic carbocycles. The Bertz CT molecular complexity index is 1020. The zero-order valence-corrected chi connectivity index (χ0v) is 16.4. The van der Waals surface area contributed by atoms with Crippen molar-refractivity contribution < 1.29 is 4.79 Å². The van der Waals surface area contributed by atoms with E-state index in [-0.39, 0.29) is 11.8 Å². The first-order valence-electron chi connectivity index (χ1n) is 9.25. The van der Waals surface area contributed by atoms with E-state index in [0.29, 0.717) is 19.4 Å². The fraction of sp³-hybridized carbons (Fsp3) is 0.238. The number of carbonyl (C=O) groups excluding carboxylic acids is 1. The van der Waals surface area contributed by atoms with Gasteiger partial charge in [0.2, 0.25) is 10.9 Å². The molecule has 0 fully saturated rings. The van der Waals surface area contributed by atoms with Crippen LogP contribution in [0.4, 0.5) is 0 Å². The summed E-state index contributed by atoms with van der Waals surface area (Å²) in [6, 6.07) is 20.3. The van der Waals surface area contributed by atoms with E-state index in [1.54, 1.807) is 4.52 Å². The minimum atomic E-state index is 0.0388. The predicted molar refractivity (Wildman–Crippen MR) is 109 cm³/mol. The minimum Gasteiger partial charge on any atom is -0.356 e. The Kier molecular flexibility index (Phi) is 5.43. The Morgan fingerprint density at radius 3 is 2.29 bits per heavy atom. The summed E-state index contributed by atoms with van der Waals surface area (Å²) in [7, 11) is 0. The van der Waals surface area contributed by atoms with Gasteiger partial charge in [-0.05, 0) is 18.1 Å². The lowest BCUT2D eigenvalue weighted by Crippen LogP contribution is -2.27. The Labute approximate surface area is 167 Å². The second-order valence-electron chi connectivity index (χ2n) is 6.62. The molecule has 1 amide bonds. The smallest absolute Gasteiger partial charge is 0.234 e. The van der Waals surface area contributed by atoms with Crippen LogP contribution >= 0.6 is 11.3 Å². The molecule has 2 aromatic heterocycles. The van der Waals surface area contributed by atoms with Crippen LogP contribution in [-0.4, -0.2) is 32.3 Å². The van der Waals surface area contributed by atoms with Gasteiger partial charge in [-0.3, -0.25) is 4.79 Å².